The minimum atomic E-state index is 0.174. The molecule has 4 heteroatoms. The van der Waals surface area contributed by atoms with Crippen molar-refractivity contribution < 1.29 is 0 Å². The molecule has 96 valence electrons. The second-order valence-electron chi connectivity index (χ2n) is 5.53. The Labute approximate surface area is 113 Å². The second kappa shape index (κ2) is 6.05. The number of nitrogens with two attached hydrogens (primary N) is 1. The fourth-order valence-corrected chi connectivity index (χ4v) is 2.45. The van der Waals surface area contributed by atoms with Crippen LogP contribution in [0.3, 0.4) is 0 Å². The van der Waals surface area contributed by atoms with Crippen molar-refractivity contribution in [2.75, 3.05) is 0 Å². The van der Waals surface area contributed by atoms with Gasteiger partial charge in [-0.2, -0.15) is 0 Å². The summed E-state index contributed by atoms with van der Waals surface area (Å²) in [6.07, 6.45) is 1.71. The lowest BCUT2D eigenvalue weighted by Gasteiger charge is -2.26. The maximum atomic E-state index is 6.15. The van der Waals surface area contributed by atoms with E-state index in [1.54, 1.807) is 0 Å². The van der Waals surface area contributed by atoms with Gasteiger partial charge in [0.05, 0.1) is 0 Å². The first-order chi connectivity index (χ1) is 7.83. The molecule has 1 aromatic rings. The fraction of sp³-hybridized carbons (Fsp3) is 0.538. The lowest BCUT2D eigenvalue weighted by atomic mass is 9.86. The number of rotatable bonds is 4. The summed E-state index contributed by atoms with van der Waals surface area (Å²) in [7, 11) is 0. The van der Waals surface area contributed by atoms with E-state index in [0.717, 1.165) is 18.4 Å². The Kier molecular flexibility index (Phi) is 5.26. The Morgan fingerprint density at radius 1 is 1.24 bits per heavy atom. The predicted molar refractivity (Wildman–Crippen MR) is 75.3 cm³/mol. The average Bonchev–Trinajstić information content (AvgIpc) is 2.20. The second-order valence-corrected chi connectivity index (χ2v) is 6.35. The van der Waals surface area contributed by atoms with Gasteiger partial charge in [-0.1, -0.05) is 50.0 Å². The van der Waals surface area contributed by atoms with E-state index in [1.165, 1.54) is 0 Å². The molecule has 1 unspecified atom stereocenters. The van der Waals surface area contributed by atoms with Crippen molar-refractivity contribution in [2.24, 2.45) is 11.3 Å². The van der Waals surface area contributed by atoms with Crippen LogP contribution in [0.1, 0.15) is 32.8 Å². The minimum Gasteiger partial charge on any atom is -0.271 e. The summed E-state index contributed by atoms with van der Waals surface area (Å²) in [5.74, 6) is 5.59. The Morgan fingerprint density at radius 3 is 2.18 bits per heavy atom. The Bertz CT molecular complexity index is 352. The molecule has 0 radical (unpaired) electrons. The SMILES string of the molecule is CC(C)(C)CC(Cc1c(Cl)cccc1Cl)NN. The Hall–Kier alpha value is -0.280. The van der Waals surface area contributed by atoms with Crippen LogP contribution in [0.4, 0.5) is 0 Å². The van der Waals surface area contributed by atoms with Crippen LogP contribution in [0.15, 0.2) is 18.2 Å². The van der Waals surface area contributed by atoms with Crippen LogP contribution in [0.25, 0.3) is 0 Å². The summed E-state index contributed by atoms with van der Waals surface area (Å²) in [6.45, 7) is 6.56. The van der Waals surface area contributed by atoms with Gasteiger partial charge in [-0.15, -0.1) is 0 Å². The van der Waals surface area contributed by atoms with E-state index in [0.29, 0.717) is 10.0 Å². The van der Waals surface area contributed by atoms with Gasteiger partial charge in [0.2, 0.25) is 0 Å². The molecule has 0 heterocycles. The molecular weight excluding hydrogens is 255 g/mol. The molecular formula is C13H20Cl2N2. The van der Waals surface area contributed by atoms with Gasteiger partial charge in [0.15, 0.2) is 0 Å². The highest BCUT2D eigenvalue weighted by atomic mass is 35.5. The zero-order chi connectivity index (χ0) is 13.1. The van der Waals surface area contributed by atoms with Crippen molar-refractivity contribution in [3.63, 3.8) is 0 Å². The highest BCUT2D eigenvalue weighted by Crippen LogP contribution is 2.28. The molecule has 0 amide bonds. The number of halogens is 2. The van der Waals surface area contributed by atoms with E-state index in [9.17, 15) is 0 Å². The fourth-order valence-electron chi connectivity index (χ4n) is 1.90. The summed E-state index contributed by atoms with van der Waals surface area (Å²) in [4.78, 5) is 0. The number of nitrogens with one attached hydrogen (secondary N) is 1. The van der Waals surface area contributed by atoms with E-state index in [1.807, 2.05) is 18.2 Å². The van der Waals surface area contributed by atoms with Gasteiger partial charge < -0.3 is 0 Å². The summed E-state index contributed by atoms with van der Waals surface area (Å²) in [5.41, 5.74) is 4.02. The molecule has 1 aromatic carbocycles. The molecule has 1 rings (SSSR count). The van der Waals surface area contributed by atoms with Crippen LogP contribution in [-0.4, -0.2) is 6.04 Å². The molecule has 0 aliphatic heterocycles. The lowest BCUT2D eigenvalue weighted by Crippen LogP contribution is -2.39. The molecule has 0 aliphatic carbocycles. The molecule has 0 saturated heterocycles. The molecule has 0 aromatic heterocycles. The van der Waals surface area contributed by atoms with Gasteiger partial charge in [0, 0.05) is 16.1 Å². The topological polar surface area (TPSA) is 38.0 Å². The monoisotopic (exact) mass is 274 g/mol. The first kappa shape index (κ1) is 14.8. The molecule has 0 saturated carbocycles. The van der Waals surface area contributed by atoms with Crippen LogP contribution < -0.4 is 11.3 Å². The van der Waals surface area contributed by atoms with E-state index in [4.69, 9.17) is 29.0 Å². The summed E-state index contributed by atoms with van der Waals surface area (Å²) in [6, 6.07) is 5.73. The van der Waals surface area contributed by atoms with Crippen molar-refractivity contribution in [2.45, 2.75) is 39.7 Å². The van der Waals surface area contributed by atoms with Gasteiger partial charge >= 0.3 is 0 Å². The quantitative estimate of drug-likeness (QED) is 0.648. The number of benzene rings is 1. The van der Waals surface area contributed by atoms with Crippen LogP contribution in [-0.2, 0) is 6.42 Å². The van der Waals surface area contributed by atoms with Crippen molar-refractivity contribution in [1.29, 1.82) is 0 Å². The van der Waals surface area contributed by atoms with E-state index < -0.39 is 0 Å². The summed E-state index contributed by atoms with van der Waals surface area (Å²) < 4.78 is 0. The normalized spacial score (nSPS) is 13.8. The third-order valence-corrected chi connectivity index (χ3v) is 3.31. The lowest BCUT2D eigenvalue weighted by molar-refractivity contribution is 0.308. The van der Waals surface area contributed by atoms with Gasteiger partial charge in [0.25, 0.3) is 0 Å². The zero-order valence-corrected chi connectivity index (χ0v) is 12.1. The van der Waals surface area contributed by atoms with Crippen LogP contribution in [0.2, 0.25) is 10.0 Å². The predicted octanol–water partition coefficient (Wildman–Crippen LogP) is 3.80. The van der Waals surface area contributed by atoms with Gasteiger partial charge in [-0.3, -0.25) is 11.3 Å². The van der Waals surface area contributed by atoms with E-state index in [2.05, 4.69) is 26.2 Å². The first-order valence-electron chi connectivity index (χ1n) is 5.72. The average molecular weight is 275 g/mol. The third-order valence-electron chi connectivity index (χ3n) is 2.61. The van der Waals surface area contributed by atoms with Crippen LogP contribution in [0.5, 0.6) is 0 Å². The van der Waals surface area contributed by atoms with E-state index in [-0.39, 0.29) is 11.5 Å². The van der Waals surface area contributed by atoms with Crippen molar-refractivity contribution in [3.8, 4) is 0 Å². The highest BCUT2D eigenvalue weighted by molar-refractivity contribution is 6.35. The smallest absolute Gasteiger partial charge is 0.0453 e. The number of hydrogen-bond donors (Lipinski definition) is 2. The molecule has 1 atom stereocenters. The van der Waals surface area contributed by atoms with Crippen molar-refractivity contribution in [3.05, 3.63) is 33.8 Å². The largest absolute Gasteiger partial charge is 0.271 e. The van der Waals surface area contributed by atoms with Crippen LogP contribution in [0, 0.1) is 5.41 Å². The van der Waals surface area contributed by atoms with Gasteiger partial charge in [0.1, 0.15) is 0 Å². The number of hydrogen-bond acceptors (Lipinski definition) is 2. The van der Waals surface area contributed by atoms with Gasteiger partial charge in [-0.25, -0.2) is 0 Å². The first-order valence-corrected chi connectivity index (χ1v) is 6.48. The standard InChI is InChI=1S/C13H20Cl2N2/c1-13(2,3)8-9(17-16)7-10-11(14)5-4-6-12(10)15/h4-6,9,17H,7-8,16H2,1-3H3. The maximum Gasteiger partial charge on any atom is 0.0453 e. The molecule has 0 spiro atoms. The molecule has 0 aliphatic rings. The number of hydrazine groups is 1. The van der Waals surface area contributed by atoms with Gasteiger partial charge in [-0.05, 0) is 36.0 Å². The molecule has 2 nitrogen and oxygen atoms in total. The molecule has 0 bridgehead atoms. The maximum absolute atomic E-state index is 6.15. The summed E-state index contributed by atoms with van der Waals surface area (Å²) in [5, 5.41) is 1.40. The Balaban J connectivity index is 2.81. The van der Waals surface area contributed by atoms with E-state index >= 15 is 0 Å². The zero-order valence-electron chi connectivity index (χ0n) is 10.6. The highest BCUT2D eigenvalue weighted by Gasteiger charge is 2.19. The minimum absolute atomic E-state index is 0.174. The third kappa shape index (κ3) is 4.84. The van der Waals surface area contributed by atoms with Crippen molar-refractivity contribution >= 4 is 23.2 Å². The summed E-state index contributed by atoms with van der Waals surface area (Å²) >= 11 is 12.3. The van der Waals surface area contributed by atoms with Crippen molar-refractivity contribution in [1.82, 2.24) is 5.43 Å². The molecule has 3 N–H and O–H groups in total. The molecule has 0 fully saturated rings. The van der Waals surface area contributed by atoms with Crippen LogP contribution >= 0.6 is 23.2 Å². The molecule has 17 heavy (non-hydrogen) atoms. The Morgan fingerprint density at radius 2 is 1.76 bits per heavy atom.